The van der Waals surface area contributed by atoms with Gasteiger partial charge in [0.1, 0.15) is 17.2 Å². The molecule has 2 N–H and O–H groups in total. The predicted octanol–water partition coefficient (Wildman–Crippen LogP) is 3.27. The fourth-order valence-corrected chi connectivity index (χ4v) is 4.85. The van der Waals surface area contributed by atoms with Crippen LogP contribution in [0.5, 0.6) is 17.2 Å². The van der Waals surface area contributed by atoms with E-state index >= 15 is 0 Å². The maximum absolute atomic E-state index is 12.8. The second-order valence-corrected chi connectivity index (χ2v) is 9.24. The van der Waals surface area contributed by atoms with E-state index < -0.39 is 21.5 Å². The van der Waals surface area contributed by atoms with Crippen LogP contribution in [-0.2, 0) is 19.4 Å². The number of carbonyl (C=O) groups is 2. The molecule has 2 amide bonds. The Morgan fingerprint density at radius 2 is 1.94 bits per heavy atom. The van der Waals surface area contributed by atoms with E-state index in [2.05, 4.69) is 10.6 Å². The third kappa shape index (κ3) is 5.63. The number of amides is 2. The van der Waals surface area contributed by atoms with Crippen LogP contribution in [0.15, 0.2) is 35.2 Å². The number of halogens is 1. The van der Waals surface area contributed by atoms with Crippen LogP contribution >= 0.6 is 11.6 Å². The number of anilines is 2. The van der Waals surface area contributed by atoms with Gasteiger partial charge in [-0.2, -0.15) is 0 Å². The predicted molar refractivity (Wildman–Crippen MR) is 120 cm³/mol. The first kappa shape index (κ1) is 23.7. The summed E-state index contributed by atoms with van der Waals surface area (Å²) in [6, 6.07) is 7.58. The van der Waals surface area contributed by atoms with Crippen molar-refractivity contribution in [3.63, 3.8) is 0 Å². The van der Waals surface area contributed by atoms with E-state index in [4.69, 9.17) is 25.8 Å². The average molecular weight is 483 g/mol. The molecule has 0 aromatic heterocycles. The van der Waals surface area contributed by atoms with E-state index in [9.17, 15) is 18.0 Å². The third-order valence-electron chi connectivity index (χ3n) is 4.44. The number of carbonyl (C=O) groups excluding carboxylic acids is 2. The SMILES string of the molecule is CCOc1ccc(OCC)c(NC(=O)CCS(=O)(=O)c2cc3c(cc2Cl)NC(=O)CO3)c1. The van der Waals surface area contributed by atoms with E-state index in [-0.39, 0.29) is 34.6 Å². The molecule has 2 aromatic carbocycles. The van der Waals surface area contributed by atoms with Gasteiger partial charge in [-0.25, -0.2) is 8.42 Å². The van der Waals surface area contributed by atoms with Gasteiger partial charge in [-0.3, -0.25) is 9.59 Å². The van der Waals surface area contributed by atoms with E-state index in [0.29, 0.717) is 36.1 Å². The Bertz CT molecular complexity index is 1140. The largest absolute Gasteiger partial charge is 0.494 e. The first-order chi connectivity index (χ1) is 15.2. The highest BCUT2D eigenvalue weighted by Gasteiger charge is 2.25. The number of benzene rings is 2. The molecule has 2 aromatic rings. The lowest BCUT2D eigenvalue weighted by molar-refractivity contribution is -0.118. The van der Waals surface area contributed by atoms with Crippen molar-refractivity contribution in [1.29, 1.82) is 0 Å². The van der Waals surface area contributed by atoms with E-state index in [1.165, 1.54) is 12.1 Å². The molecule has 0 atom stereocenters. The van der Waals surface area contributed by atoms with Gasteiger partial charge in [-0.1, -0.05) is 11.6 Å². The van der Waals surface area contributed by atoms with Crippen molar-refractivity contribution in [1.82, 2.24) is 0 Å². The topological polar surface area (TPSA) is 120 Å². The lowest BCUT2D eigenvalue weighted by Gasteiger charge is -2.19. The molecule has 0 unspecified atom stereocenters. The highest BCUT2D eigenvalue weighted by atomic mass is 35.5. The number of rotatable bonds is 9. The van der Waals surface area contributed by atoms with Gasteiger partial charge in [0, 0.05) is 18.6 Å². The van der Waals surface area contributed by atoms with Crippen molar-refractivity contribution in [2.75, 3.05) is 36.2 Å². The van der Waals surface area contributed by atoms with Gasteiger partial charge in [0.05, 0.1) is 40.3 Å². The summed E-state index contributed by atoms with van der Waals surface area (Å²) in [5, 5.41) is 5.16. The van der Waals surface area contributed by atoms with Gasteiger partial charge in [0.2, 0.25) is 5.91 Å². The summed E-state index contributed by atoms with van der Waals surface area (Å²) in [5.41, 5.74) is 0.678. The van der Waals surface area contributed by atoms with Crippen LogP contribution in [0, 0.1) is 0 Å². The highest BCUT2D eigenvalue weighted by Crippen LogP contribution is 2.36. The molecular formula is C21H23ClN2O7S. The van der Waals surface area contributed by atoms with Crippen molar-refractivity contribution >= 4 is 44.6 Å². The Hall–Kier alpha value is -2.98. The Morgan fingerprint density at radius 3 is 2.66 bits per heavy atom. The summed E-state index contributed by atoms with van der Waals surface area (Å²) in [4.78, 5) is 23.7. The van der Waals surface area contributed by atoms with Crippen molar-refractivity contribution < 1.29 is 32.2 Å². The summed E-state index contributed by atoms with van der Waals surface area (Å²) >= 11 is 6.12. The molecule has 172 valence electrons. The number of sulfone groups is 1. The van der Waals surface area contributed by atoms with E-state index in [1.54, 1.807) is 18.2 Å². The molecule has 0 saturated heterocycles. The van der Waals surface area contributed by atoms with Crippen LogP contribution in [0.4, 0.5) is 11.4 Å². The van der Waals surface area contributed by atoms with Crippen molar-refractivity contribution in [3.8, 4) is 17.2 Å². The van der Waals surface area contributed by atoms with Gasteiger partial charge in [-0.05, 0) is 32.0 Å². The minimum absolute atomic E-state index is 0.0713. The van der Waals surface area contributed by atoms with Gasteiger partial charge in [0.15, 0.2) is 16.4 Å². The number of hydrogen-bond acceptors (Lipinski definition) is 7. The number of ether oxygens (including phenoxy) is 3. The molecule has 0 radical (unpaired) electrons. The zero-order chi connectivity index (χ0) is 23.3. The molecule has 0 aliphatic carbocycles. The number of hydrogen-bond donors (Lipinski definition) is 2. The van der Waals surface area contributed by atoms with Crippen LogP contribution in [0.2, 0.25) is 5.02 Å². The molecule has 3 rings (SSSR count). The second-order valence-electron chi connectivity index (χ2n) is 6.76. The summed E-state index contributed by atoms with van der Waals surface area (Å²) in [7, 11) is -3.90. The fraction of sp³-hybridized carbons (Fsp3) is 0.333. The number of nitrogens with one attached hydrogen (secondary N) is 2. The van der Waals surface area contributed by atoms with Crippen LogP contribution in [0.3, 0.4) is 0 Å². The molecule has 0 fully saturated rings. The van der Waals surface area contributed by atoms with Gasteiger partial charge in [-0.15, -0.1) is 0 Å². The van der Waals surface area contributed by atoms with Gasteiger partial charge < -0.3 is 24.8 Å². The number of fused-ring (bicyclic) bond motifs is 1. The molecule has 1 heterocycles. The lowest BCUT2D eigenvalue weighted by Crippen LogP contribution is -2.25. The Balaban J connectivity index is 1.72. The van der Waals surface area contributed by atoms with Crippen molar-refractivity contribution in [2.45, 2.75) is 25.2 Å². The molecule has 0 spiro atoms. The molecule has 9 nitrogen and oxygen atoms in total. The minimum Gasteiger partial charge on any atom is -0.494 e. The third-order valence-corrected chi connectivity index (χ3v) is 6.61. The summed E-state index contributed by atoms with van der Waals surface area (Å²) in [6.45, 7) is 4.27. The Labute approximate surface area is 190 Å². The lowest BCUT2D eigenvalue weighted by atomic mass is 10.2. The van der Waals surface area contributed by atoms with E-state index in [1.807, 2.05) is 13.8 Å². The summed E-state index contributed by atoms with van der Waals surface area (Å²) in [6.07, 6.45) is -0.308. The fourth-order valence-electron chi connectivity index (χ4n) is 3.01. The minimum atomic E-state index is -3.90. The molecule has 0 bridgehead atoms. The average Bonchev–Trinajstić information content (AvgIpc) is 2.74. The summed E-state index contributed by atoms with van der Waals surface area (Å²) in [5.74, 6) is -0.151. The van der Waals surface area contributed by atoms with Crippen LogP contribution in [-0.4, -0.2) is 45.8 Å². The van der Waals surface area contributed by atoms with Crippen molar-refractivity contribution in [3.05, 3.63) is 35.4 Å². The molecule has 32 heavy (non-hydrogen) atoms. The first-order valence-electron chi connectivity index (χ1n) is 9.92. The maximum atomic E-state index is 12.8. The quantitative estimate of drug-likeness (QED) is 0.562. The van der Waals surface area contributed by atoms with Crippen LogP contribution < -0.4 is 24.8 Å². The van der Waals surface area contributed by atoms with Crippen molar-refractivity contribution in [2.24, 2.45) is 0 Å². The zero-order valence-corrected chi connectivity index (χ0v) is 19.1. The van der Waals surface area contributed by atoms with E-state index in [0.717, 1.165) is 0 Å². The van der Waals surface area contributed by atoms with Gasteiger partial charge in [0.25, 0.3) is 5.91 Å². The normalized spacial score (nSPS) is 12.9. The highest BCUT2D eigenvalue weighted by molar-refractivity contribution is 7.91. The molecule has 11 heteroatoms. The summed E-state index contributed by atoms with van der Waals surface area (Å²) < 4.78 is 41.8. The first-order valence-corrected chi connectivity index (χ1v) is 11.9. The smallest absolute Gasteiger partial charge is 0.262 e. The molecule has 0 saturated carbocycles. The molecule has 1 aliphatic rings. The Kier molecular flexibility index (Phi) is 7.47. The second kappa shape index (κ2) is 10.1. The monoisotopic (exact) mass is 482 g/mol. The zero-order valence-electron chi connectivity index (χ0n) is 17.6. The molecule has 1 aliphatic heterocycles. The van der Waals surface area contributed by atoms with Crippen LogP contribution in [0.1, 0.15) is 20.3 Å². The Morgan fingerprint density at radius 1 is 1.19 bits per heavy atom. The molecular weight excluding hydrogens is 460 g/mol. The van der Waals surface area contributed by atoms with Crippen LogP contribution in [0.25, 0.3) is 0 Å². The van der Waals surface area contributed by atoms with Gasteiger partial charge >= 0.3 is 0 Å². The standard InChI is InChI=1S/C21H23ClN2O7S/c1-3-29-13-5-6-17(30-4-2)15(9-13)23-20(25)7-8-32(27,28)19-11-18-16(10-14(19)22)24-21(26)12-31-18/h5-6,9-11H,3-4,7-8,12H2,1-2H3,(H,23,25)(H,24,26). The maximum Gasteiger partial charge on any atom is 0.262 e.